The number of likely N-dealkylation sites (N-methyl/N-ethyl adjacent to an activating group) is 1. The molecular weight excluding hydrogens is 336 g/mol. The topological polar surface area (TPSA) is 102 Å². The Morgan fingerprint density at radius 1 is 1.25 bits per heavy atom. The first-order chi connectivity index (χ1) is 11.3. The first kappa shape index (κ1) is 19.9. The molecule has 134 valence electrons. The Balaban J connectivity index is 3.04. The Labute approximate surface area is 141 Å². The summed E-state index contributed by atoms with van der Waals surface area (Å²) in [6.45, 7) is 4.59. The van der Waals surface area contributed by atoms with E-state index in [1.807, 2.05) is 5.32 Å². The molecule has 1 aromatic rings. The van der Waals surface area contributed by atoms with Gasteiger partial charge in [0.25, 0.3) is 0 Å². The summed E-state index contributed by atoms with van der Waals surface area (Å²) in [6, 6.07) is 4.75. The number of amides is 2. The number of rotatable bonds is 7. The first-order valence-electron chi connectivity index (χ1n) is 7.37. The first-order valence-corrected chi connectivity index (χ1v) is 8.81. The molecule has 0 atom stereocenters. The summed E-state index contributed by atoms with van der Waals surface area (Å²) in [4.78, 5) is 23.1. The van der Waals surface area contributed by atoms with Crippen LogP contribution in [0.2, 0.25) is 0 Å². The largest absolute Gasteiger partial charge is 0.495 e. The lowest BCUT2D eigenvalue weighted by Crippen LogP contribution is -2.42. The second kappa shape index (κ2) is 8.65. The maximum absolute atomic E-state index is 12.8. The zero-order valence-electron chi connectivity index (χ0n) is 14.2. The highest BCUT2D eigenvalue weighted by Crippen LogP contribution is 2.27. The molecule has 0 unspecified atom stereocenters. The van der Waals surface area contributed by atoms with Crippen molar-refractivity contribution >= 4 is 22.0 Å². The van der Waals surface area contributed by atoms with Gasteiger partial charge >= 0.3 is 6.09 Å². The van der Waals surface area contributed by atoms with E-state index in [-0.39, 0.29) is 23.8 Å². The predicted octanol–water partition coefficient (Wildman–Crippen LogP) is 1.29. The second-order valence-corrected chi connectivity index (χ2v) is 6.76. The molecule has 1 aromatic carbocycles. The van der Waals surface area contributed by atoms with Gasteiger partial charge in [0, 0.05) is 6.54 Å². The molecule has 0 aliphatic carbocycles. The second-order valence-electron chi connectivity index (χ2n) is 4.85. The number of nitrogens with zero attached hydrogens (tertiary/aromatic N) is 1. The van der Waals surface area contributed by atoms with Crippen LogP contribution in [0.1, 0.15) is 19.4 Å². The smallest absolute Gasteiger partial charge is 0.413 e. The Bertz CT molecular complexity index is 702. The number of imide groups is 1. The van der Waals surface area contributed by atoms with E-state index >= 15 is 0 Å². The maximum Gasteiger partial charge on any atom is 0.413 e. The molecular formula is C15H22N2O6S. The van der Waals surface area contributed by atoms with Gasteiger partial charge < -0.3 is 9.47 Å². The van der Waals surface area contributed by atoms with Crippen LogP contribution in [0.4, 0.5) is 4.79 Å². The molecule has 24 heavy (non-hydrogen) atoms. The molecule has 0 bridgehead atoms. The van der Waals surface area contributed by atoms with E-state index in [0.717, 1.165) is 9.87 Å². The zero-order chi connectivity index (χ0) is 18.3. The molecule has 8 nitrogen and oxygen atoms in total. The van der Waals surface area contributed by atoms with E-state index in [1.165, 1.54) is 13.2 Å². The highest BCUT2D eigenvalue weighted by Gasteiger charge is 2.29. The molecule has 0 heterocycles. The van der Waals surface area contributed by atoms with E-state index in [2.05, 4.69) is 4.74 Å². The Kier molecular flexibility index (Phi) is 7.18. The van der Waals surface area contributed by atoms with Crippen LogP contribution in [-0.2, 0) is 19.6 Å². The standard InChI is InChI=1S/C15H22N2O6S/c1-5-17(10-14(18)16-15(19)23-6-2)24(20,21)13-9-11(3)7-8-12(13)22-4/h7-9H,5-6,10H2,1-4H3,(H,16,18,19). The van der Waals surface area contributed by atoms with E-state index < -0.39 is 28.6 Å². The van der Waals surface area contributed by atoms with Crippen LogP contribution in [-0.4, -0.2) is 51.5 Å². The molecule has 0 aliphatic rings. The minimum atomic E-state index is -3.96. The number of nitrogens with one attached hydrogen (secondary N) is 1. The molecule has 0 aromatic heterocycles. The van der Waals surface area contributed by atoms with E-state index in [0.29, 0.717) is 0 Å². The number of ether oxygens (including phenoxy) is 2. The van der Waals surface area contributed by atoms with Crippen molar-refractivity contribution in [1.29, 1.82) is 0 Å². The van der Waals surface area contributed by atoms with Crippen molar-refractivity contribution in [1.82, 2.24) is 9.62 Å². The lowest BCUT2D eigenvalue weighted by atomic mass is 10.2. The fraction of sp³-hybridized carbons (Fsp3) is 0.467. The molecule has 1 N–H and O–H groups in total. The van der Waals surface area contributed by atoms with Crippen LogP contribution >= 0.6 is 0 Å². The van der Waals surface area contributed by atoms with Crippen molar-refractivity contribution in [3.63, 3.8) is 0 Å². The van der Waals surface area contributed by atoms with Gasteiger partial charge in [-0.2, -0.15) is 4.31 Å². The summed E-state index contributed by atoms with van der Waals surface area (Å²) in [5, 5.41) is 1.97. The normalized spacial score (nSPS) is 11.2. The van der Waals surface area contributed by atoms with Gasteiger partial charge in [-0.1, -0.05) is 13.0 Å². The van der Waals surface area contributed by atoms with Crippen molar-refractivity contribution in [2.45, 2.75) is 25.7 Å². The average molecular weight is 358 g/mol. The van der Waals surface area contributed by atoms with Gasteiger partial charge in [-0.15, -0.1) is 0 Å². The minimum Gasteiger partial charge on any atom is -0.495 e. The summed E-state index contributed by atoms with van der Waals surface area (Å²) < 4.78 is 36.2. The SMILES string of the molecule is CCOC(=O)NC(=O)CN(CC)S(=O)(=O)c1cc(C)ccc1OC. The van der Waals surface area contributed by atoms with Crippen LogP contribution in [0.15, 0.2) is 23.1 Å². The summed E-state index contributed by atoms with van der Waals surface area (Å²) in [5.74, 6) is -0.588. The summed E-state index contributed by atoms with van der Waals surface area (Å²) >= 11 is 0. The quantitative estimate of drug-likeness (QED) is 0.788. The Morgan fingerprint density at radius 3 is 2.46 bits per heavy atom. The van der Waals surface area contributed by atoms with Gasteiger partial charge in [0.2, 0.25) is 15.9 Å². The summed E-state index contributed by atoms with van der Waals surface area (Å²) in [7, 11) is -2.60. The van der Waals surface area contributed by atoms with Gasteiger partial charge in [-0.05, 0) is 31.5 Å². The van der Waals surface area contributed by atoms with Gasteiger partial charge in [-0.3, -0.25) is 10.1 Å². The number of sulfonamides is 1. The number of alkyl carbamates (subject to hydrolysis) is 1. The van der Waals surface area contributed by atoms with Crippen LogP contribution in [0.25, 0.3) is 0 Å². The third kappa shape index (κ3) is 4.93. The number of methoxy groups -OCH3 is 1. The van der Waals surface area contributed by atoms with E-state index in [4.69, 9.17) is 4.74 Å². The van der Waals surface area contributed by atoms with E-state index in [1.54, 1.807) is 32.9 Å². The third-order valence-electron chi connectivity index (χ3n) is 3.13. The average Bonchev–Trinajstić information content (AvgIpc) is 2.52. The number of hydrogen-bond donors (Lipinski definition) is 1. The third-order valence-corrected chi connectivity index (χ3v) is 5.07. The molecule has 0 fully saturated rings. The number of hydrogen-bond acceptors (Lipinski definition) is 6. The van der Waals surface area contributed by atoms with Crippen LogP contribution in [0.3, 0.4) is 0 Å². The fourth-order valence-corrected chi connectivity index (χ4v) is 3.62. The monoisotopic (exact) mass is 358 g/mol. The van der Waals surface area contributed by atoms with E-state index in [9.17, 15) is 18.0 Å². The number of aryl methyl sites for hydroxylation is 1. The van der Waals surface area contributed by atoms with Gasteiger partial charge in [-0.25, -0.2) is 13.2 Å². The lowest BCUT2D eigenvalue weighted by Gasteiger charge is -2.21. The number of carbonyl (C=O) groups excluding carboxylic acids is 2. The highest BCUT2D eigenvalue weighted by molar-refractivity contribution is 7.89. The number of carbonyl (C=O) groups is 2. The Hall–Kier alpha value is -2.13. The van der Waals surface area contributed by atoms with Crippen LogP contribution < -0.4 is 10.1 Å². The minimum absolute atomic E-state index is 0.0317. The molecule has 0 spiro atoms. The lowest BCUT2D eigenvalue weighted by molar-refractivity contribution is -0.120. The van der Waals surface area contributed by atoms with Gasteiger partial charge in [0.15, 0.2) is 0 Å². The molecule has 0 aliphatic heterocycles. The van der Waals surface area contributed by atoms with Crippen molar-refractivity contribution < 1.29 is 27.5 Å². The molecule has 0 radical (unpaired) electrons. The molecule has 0 saturated heterocycles. The van der Waals surface area contributed by atoms with Crippen molar-refractivity contribution in [2.24, 2.45) is 0 Å². The fourth-order valence-electron chi connectivity index (χ4n) is 1.97. The Morgan fingerprint density at radius 2 is 1.92 bits per heavy atom. The predicted molar refractivity (Wildman–Crippen MR) is 87.3 cm³/mol. The van der Waals surface area contributed by atoms with Crippen molar-refractivity contribution in [3.05, 3.63) is 23.8 Å². The summed E-state index contributed by atoms with van der Waals surface area (Å²) in [5.41, 5.74) is 0.737. The molecule has 9 heteroatoms. The molecule has 1 rings (SSSR count). The van der Waals surface area contributed by atoms with Crippen LogP contribution in [0.5, 0.6) is 5.75 Å². The molecule has 0 saturated carbocycles. The zero-order valence-corrected chi connectivity index (χ0v) is 15.0. The van der Waals surface area contributed by atoms with Crippen molar-refractivity contribution in [2.75, 3.05) is 26.8 Å². The highest BCUT2D eigenvalue weighted by atomic mass is 32.2. The maximum atomic E-state index is 12.8. The number of benzene rings is 1. The van der Waals surface area contributed by atoms with Gasteiger partial charge in [0.05, 0.1) is 20.3 Å². The van der Waals surface area contributed by atoms with Gasteiger partial charge in [0.1, 0.15) is 10.6 Å². The van der Waals surface area contributed by atoms with Crippen molar-refractivity contribution in [3.8, 4) is 5.75 Å². The van der Waals surface area contributed by atoms with Crippen LogP contribution in [0, 0.1) is 6.92 Å². The summed E-state index contributed by atoms with van der Waals surface area (Å²) in [6.07, 6.45) is -0.913. The molecule has 2 amide bonds.